The van der Waals surface area contributed by atoms with E-state index in [0.717, 1.165) is 11.8 Å². The largest absolute Gasteiger partial charge is 0.481 e. The minimum Gasteiger partial charge on any atom is -0.481 e. The molecule has 1 unspecified atom stereocenters. The molecule has 2 N–H and O–H groups in total. The molecule has 0 radical (unpaired) electrons. The number of nitrogens with one attached hydrogen (secondary N) is 1. The minimum absolute atomic E-state index is 0.171. The van der Waals surface area contributed by atoms with Crippen LogP contribution in [0.5, 0.6) is 0 Å². The summed E-state index contributed by atoms with van der Waals surface area (Å²) in [4.78, 5) is 64.8. The second-order valence-electron chi connectivity index (χ2n) is 6.02. The molecule has 0 spiro atoms. The van der Waals surface area contributed by atoms with Crippen LogP contribution in [-0.4, -0.2) is 48.2 Å². The van der Waals surface area contributed by atoms with Gasteiger partial charge in [0.15, 0.2) is 5.78 Å². The van der Waals surface area contributed by atoms with Crippen molar-refractivity contribution in [3.05, 3.63) is 35.9 Å². The Kier molecular flexibility index (Phi) is 13.3. The lowest BCUT2D eigenvalue weighted by atomic mass is 9.92. The fraction of sp³-hybridized carbons (Fsp3) is 0.400. The average molecular weight is 391 g/mol. The quantitative estimate of drug-likeness (QED) is 0.292. The molecule has 0 fully saturated rings. The SMILES string of the molecule is C=O.O=CCCCC(=O)CNC(=O)C(CC(=O)CC(=O)O)Cc1ccccc1. The summed E-state index contributed by atoms with van der Waals surface area (Å²) in [5.41, 5.74) is 0.841. The number of unbranched alkanes of at least 4 members (excludes halogenated alkanes) is 1. The molecule has 0 aliphatic rings. The minimum atomic E-state index is -1.24. The summed E-state index contributed by atoms with van der Waals surface area (Å²) < 4.78 is 0. The fourth-order valence-electron chi connectivity index (χ4n) is 2.47. The van der Waals surface area contributed by atoms with E-state index in [-0.39, 0.29) is 31.6 Å². The zero-order chi connectivity index (χ0) is 21.4. The first-order valence-corrected chi connectivity index (χ1v) is 8.71. The van der Waals surface area contributed by atoms with E-state index in [1.807, 2.05) is 25.0 Å². The Hall–Kier alpha value is -3.16. The van der Waals surface area contributed by atoms with Gasteiger partial charge >= 0.3 is 5.97 Å². The predicted octanol–water partition coefficient (Wildman–Crippen LogP) is 1.15. The van der Waals surface area contributed by atoms with Gasteiger partial charge in [0.05, 0.1) is 6.54 Å². The monoisotopic (exact) mass is 391 g/mol. The Morgan fingerprint density at radius 2 is 1.71 bits per heavy atom. The molecule has 152 valence electrons. The van der Waals surface area contributed by atoms with E-state index >= 15 is 0 Å². The molecular weight excluding hydrogens is 366 g/mol. The van der Waals surface area contributed by atoms with Crippen LogP contribution in [0.4, 0.5) is 0 Å². The fourth-order valence-corrected chi connectivity index (χ4v) is 2.47. The van der Waals surface area contributed by atoms with E-state index < -0.39 is 30.0 Å². The van der Waals surface area contributed by atoms with Crippen molar-refractivity contribution in [2.24, 2.45) is 5.92 Å². The number of amides is 1. The third-order valence-corrected chi connectivity index (χ3v) is 3.76. The van der Waals surface area contributed by atoms with Crippen molar-refractivity contribution >= 4 is 36.5 Å². The second-order valence-corrected chi connectivity index (χ2v) is 6.02. The molecule has 8 heteroatoms. The molecule has 0 bridgehead atoms. The molecule has 0 aromatic heterocycles. The van der Waals surface area contributed by atoms with Crippen LogP contribution < -0.4 is 5.32 Å². The zero-order valence-corrected chi connectivity index (χ0v) is 15.6. The van der Waals surface area contributed by atoms with Gasteiger partial charge in [-0.15, -0.1) is 0 Å². The number of carbonyl (C=O) groups excluding carboxylic acids is 5. The summed E-state index contributed by atoms with van der Waals surface area (Å²) in [5, 5.41) is 11.2. The van der Waals surface area contributed by atoms with Crippen molar-refractivity contribution < 1.29 is 33.9 Å². The molecule has 1 aromatic rings. The molecule has 0 saturated carbocycles. The summed E-state index contributed by atoms with van der Waals surface area (Å²) in [6.45, 7) is 1.83. The number of carboxylic acids is 1. The highest BCUT2D eigenvalue weighted by molar-refractivity contribution is 5.97. The maximum Gasteiger partial charge on any atom is 0.310 e. The maximum absolute atomic E-state index is 12.4. The van der Waals surface area contributed by atoms with Crippen LogP contribution in [0.2, 0.25) is 0 Å². The van der Waals surface area contributed by atoms with E-state index in [4.69, 9.17) is 9.90 Å². The van der Waals surface area contributed by atoms with Crippen LogP contribution in [0.15, 0.2) is 30.3 Å². The van der Waals surface area contributed by atoms with E-state index in [1.165, 1.54) is 0 Å². The molecule has 28 heavy (non-hydrogen) atoms. The Balaban J connectivity index is 0.00000352. The van der Waals surface area contributed by atoms with Gasteiger partial charge < -0.3 is 20.0 Å². The lowest BCUT2D eigenvalue weighted by Gasteiger charge is -2.16. The van der Waals surface area contributed by atoms with Crippen molar-refractivity contribution in [3.8, 4) is 0 Å². The summed E-state index contributed by atoms with van der Waals surface area (Å²) in [6, 6.07) is 9.06. The number of benzene rings is 1. The molecule has 1 aromatic carbocycles. The highest BCUT2D eigenvalue weighted by Crippen LogP contribution is 2.14. The zero-order valence-electron chi connectivity index (χ0n) is 15.6. The average Bonchev–Trinajstić information content (AvgIpc) is 2.67. The van der Waals surface area contributed by atoms with Crippen LogP contribution in [0, 0.1) is 5.92 Å². The van der Waals surface area contributed by atoms with Gasteiger partial charge in [-0.2, -0.15) is 0 Å². The smallest absolute Gasteiger partial charge is 0.310 e. The molecule has 1 rings (SSSR count). The van der Waals surface area contributed by atoms with Gasteiger partial charge in [-0.05, 0) is 18.4 Å². The van der Waals surface area contributed by atoms with E-state index in [1.54, 1.807) is 12.1 Å². The van der Waals surface area contributed by atoms with Crippen LogP contribution in [0.3, 0.4) is 0 Å². The summed E-state index contributed by atoms with van der Waals surface area (Å²) >= 11 is 0. The van der Waals surface area contributed by atoms with Crippen molar-refractivity contribution in [2.45, 2.75) is 38.5 Å². The lowest BCUT2D eigenvalue weighted by molar-refractivity contribution is -0.141. The number of aldehydes is 1. The Bertz CT molecular complexity index is 658. The van der Waals surface area contributed by atoms with Gasteiger partial charge in [-0.25, -0.2) is 0 Å². The summed E-state index contributed by atoms with van der Waals surface area (Å²) in [6.07, 6.45) is 1.09. The van der Waals surface area contributed by atoms with Crippen LogP contribution in [0.25, 0.3) is 0 Å². The van der Waals surface area contributed by atoms with Gasteiger partial charge in [0, 0.05) is 25.2 Å². The van der Waals surface area contributed by atoms with Gasteiger partial charge in [-0.3, -0.25) is 19.2 Å². The van der Waals surface area contributed by atoms with Crippen molar-refractivity contribution in [3.63, 3.8) is 0 Å². The van der Waals surface area contributed by atoms with Gasteiger partial charge in [-0.1, -0.05) is 30.3 Å². The number of ketones is 2. The summed E-state index contributed by atoms with van der Waals surface area (Å²) in [5.74, 6) is -3.18. The first kappa shape index (κ1) is 24.8. The third kappa shape index (κ3) is 11.5. The highest BCUT2D eigenvalue weighted by atomic mass is 16.4. The number of Topliss-reactive ketones (excluding diaryl/α,β-unsaturated/α-hetero) is 2. The van der Waals surface area contributed by atoms with Crippen molar-refractivity contribution in [1.82, 2.24) is 5.32 Å². The molecule has 8 nitrogen and oxygen atoms in total. The Morgan fingerprint density at radius 3 is 2.29 bits per heavy atom. The van der Waals surface area contributed by atoms with Gasteiger partial charge in [0.2, 0.25) is 5.91 Å². The standard InChI is InChI=1S/C19H23NO6.CH2O/c21-9-5-4-8-16(22)13-20-19(26)15(11-17(23)12-18(24)25)10-14-6-2-1-3-7-14;1-2/h1-3,6-7,9,15H,4-5,8,10-13H2,(H,20,26)(H,24,25);1H2. The van der Waals surface area contributed by atoms with Crippen molar-refractivity contribution in [2.75, 3.05) is 6.54 Å². The number of hydrogen-bond acceptors (Lipinski definition) is 6. The Labute approximate surface area is 163 Å². The first-order valence-electron chi connectivity index (χ1n) is 8.71. The molecule has 0 aliphatic carbocycles. The molecule has 0 saturated heterocycles. The number of carbonyl (C=O) groups is 6. The van der Waals surface area contributed by atoms with Gasteiger partial charge in [0.25, 0.3) is 0 Å². The third-order valence-electron chi connectivity index (χ3n) is 3.76. The topological polar surface area (TPSA) is 135 Å². The van der Waals surface area contributed by atoms with Crippen molar-refractivity contribution in [1.29, 1.82) is 0 Å². The maximum atomic E-state index is 12.4. The predicted molar refractivity (Wildman–Crippen MR) is 101 cm³/mol. The van der Waals surface area contributed by atoms with Crippen LogP contribution >= 0.6 is 0 Å². The van der Waals surface area contributed by atoms with Gasteiger partial charge in [0.1, 0.15) is 25.3 Å². The van der Waals surface area contributed by atoms with E-state index in [9.17, 15) is 24.0 Å². The van der Waals surface area contributed by atoms with Crippen LogP contribution in [-0.2, 0) is 35.2 Å². The highest BCUT2D eigenvalue weighted by Gasteiger charge is 2.23. The number of aliphatic carboxylic acids is 1. The Morgan fingerprint density at radius 1 is 1.07 bits per heavy atom. The molecule has 0 heterocycles. The van der Waals surface area contributed by atoms with Crippen LogP contribution in [0.1, 0.15) is 37.7 Å². The number of rotatable bonds is 13. The second kappa shape index (κ2) is 15.0. The molecule has 1 amide bonds. The van der Waals surface area contributed by atoms with E-state index in [2.05, 4.69) is 5.32 Å². The lowest BCUT2D eigenvalue weighted by Crippen LogP contribution is -2.36. The number of hydrogen-bond donors (Lipinski definition) is 2. The molecule has 0 aliphatic heterocycles. The van der Waals surface area contributed by atoms with E-state index in [0.29, 0.717) is 12.8 Å². The number of carboxylic acid groups (broad SMARTS) is 1. The summed E-state index contributed by atoms with van der Waals surface area (Å²) in [7, 11) is 0. The molecular formula is C20H25NO7. The first-order chi connectivity index (χ1) is 13.4. The molecule has 1 atom stereocenters. The normalized spacial score (nSPS) is 10.7.